The summed E-state index contributed by atoms with van der Waals surface area (Å²) in [4.78, 5) is 50.7. The van der Waals surface area contributed by atoms with Crippen LogP contribution in [0.25, 0.3) is 0 Å². The number of aliphatic hydroxyl groups excluding tert-OH is 2. The van der Waals surface area contributed by atoms with E-state index in [0.29, 0.717) is 30.4 Å². The van der Waals surface area contributed by atoms with Crippen LogP contribution in [0, 0.1) is 22.7 Å². The number of carbonyl (C=O) groups is 4. The Morgan fingerprint density at radius 3 is 2.36 bits per heavy atom. The number of ether oxygens (including phenoxy) is 3. The topological polar surface area (TPSA) is 183 Å². The predicted molar refractivity (Wildman–Crippen MR) is 188 cm³/mol. The highest BCUT2D eigenvalue weighted by molar-refractivity contribution is 6.01. The molecule has 11 nitrogen and oxygen atoms in total. The molecule has 0 unspecified atom stereocenters. The Balaban J connectivity index is 1.18. The van der Waals surface area contributed by atoms with Crippen LogP contribution in [0.2, 0.25) is 0 Å². The fourth-order valence-corrected chi connectivity index (χ4v) is 10.1. The van der Waals surface area contributed by atoms with Crippen LogP contribution < -0.4 is 5.73 Å². The number of carboxylic acids is 1. The minimum absolute atomic E-state index is 0.0324. The van der Waals surface area contributed by atoms with Gasteiger partial charge in [0.25, 0.3) is 0 Å². The highest BCUT2D eigenvalue weighted by Crippen LogP contribution is 2.72. The number of carboxylic acid groups (broad SMARTS) is 1. The summed E-state index contributed by atoms with van der Waals surface area (Å²) in [5.41, 5.74) is 3.79. The standard InChI is InChI=1S/C41H46FNO10/c1-38-16-15-28(45)18-27(38)11-12-29-30-19-34-41(39(30,2)20-32(46)40(29,38)42,33(47)22-51-36(50)31(43)13-14-35(48)49)53-37(52-34)26-9-7-24(8-10-26)17-23-3-5-25(21-44)6-4-23/h3-10,15-16,18,29-32,34,37,44,46H,11-14,17,19-22,43H2,1-2H3,(H,48,49)/t29-,30-,31-,32-,34+,37+,38-,39-,40-,41+/m0/s1. The first-order chi connectivity index (χ1) is 25.2. The molecule has 0 bridgehead atoms. The Morgan fingerprint density at radius 1 is 1.04 bits per heavy atom. The van der Waals surface area contributed by atoms with Crippen molar-refractivity contribution in [2.45, 2.75) is 101 Å². The molecule has 2 aromatic carbocycles. The summed E-state index contributed by atoms with van der Waals surface area (Å²) in [7, 11) is 0. The molecule has 1 aliphatic heterocycles. The number of allylic oxidation sites excluding steroid dienone is 4. The number of rotatable bonds is 11. The predicted octanol–water partition coefficient (Wildman–Crippen LogP) is 4.21. The molecule has 10 atom stereocenters. The van der Waals surface area contributed by atoms with Gasteiger partial charge in [0, 0.05) is 28.7 Å². The maximum atomic E-state index is 17.9. The lowest BCUT2D eigenvalue weighted by Crippen LogP contribution is -2.69. The van der Waals surface area contributed by atoms with Crippen LogP contribution in [-0.4, -0.2) is 75.0 Å². The minimum Gasteiger partial charge on any atom is -0.481 e. The van der Waals surface area contributed by atoms with Crippen molar-refractivity contribution in [2.24, 2.45) is 28.4 Å². The van der Waals surface area contributed by atoms with Crippen LogP contribution in [0.4, 0.5) is 4.39 Å². The summed E-state index contributed by atoms with van der Waals surface area (Å²) in [6.07, 6.45) is 1.98. The summed E-state index contributed by atoms with van der Waals surface area (Å²) in [6, 6.07) is 14.0. The van der Waals surface area contributed by atoms with E-state index in [9.17, 15) is 29.4 Å². The van der Waals surface area contributed by atoms with E-state index in [0.717, 1.165) is 16.7 Å². The average molecular weight is 732 g/mol. The Labute approximate surface area is 307 Å². The van der Waals surface area contributed by atoms with E-state index in [4.69, 9.17) is 25.1 Å². The molecule has 53 heavy (non-hydrogen) atoms. The van der Waals surface area contributed by atoms with Gasteiger partial charge in [0.2, 0.25) is 5.78 Å². The highest BCUT2D eigenvalue weighted by atomic mass is 19.1. The normalized spacial score (nSPS) is 36.1. The van der Waals surface area contributed by atoms with Gasteiger partial charge >= 0.3 is 11.9 Å². The van der Waals surface area contributed by atoms with Crippen molar-refractivity contribution in [1.29, 1.82) is 0 Å². The summed E-state index contributed by atoms with van der Waals surface area (Å²) in [5, 5.41) is 30.3. The van der Waals surface area contributed by atoms with Gasteiger partial charge in [-0.3, -0.25) is 19.2 Å². The average Bonchev–Trinajstić information content (AvgIpc) is 3.64. The lowest BCUT2D eigenvalue weighted by atomic mass is 9.44. The van der Waals surface area contributed by atoms with Crippen LogP contribution in [0.5, 0.6) is 0 Å². The molecule has 1 saturated heterocycles. The van der Waals surface area contributed by atoms with E-state index < -0.39 is 82.8 Å². The maximum absolute atomic E-state index is 17.9. The van der Waals surface area contributed by atoms with Crippen LogP contribution >= 0.6 is 0 Å². The number of carbonyl (C=O) groups excluding carboxylic acids is 3. The van der Waals surface area contributed by atoms with Gasteiger partial charge in [-0.05, 0) is 80.2 Å². The van der Waals surface area contributed by atoms with Crippen molar-refractivity contribution in [1.82, 2.24) is 0 Å². The number of halogens is 1. The van der Waals surface area contributed by atoms with Crippen molar-refractivity contribution >= 4 is 23.5 Å². The first-order valence-corrected chi connectivity index (χ1v) is 18.3. The number of hydrogen-bond acceptors (Lipinski definition) is 10. The van der Waals surface area contributed by atoms with Crippen LogP contribution in [0.15, 0.2) is 72.3 Å². The number of hydrogen-bond donors (Lipinski definition) is 4. The number of aliphatic hydroxyl groups is 2. The smallest absolute Gasteiger partial charge is 0.323 e. The zero-order valence-electron chi connectivity index (χ0n) is 29.8. The summed E-state index contributed by atoms with van der Waals surface area (Å²) in [6.45, 7) is 2.78. The van der Waals surface area contributed by atoms with E-state index in [1.54, 1.807) is 13.0 Å². The zero-order valence-corrected chi connectivity index (χ0v) is 29.8. The molecule has 4 fully saturated rings. The van der Waals surface area contributed by atoms with Gasteiger partial charge in [-0.25, -0.2) is 4.39 Å². The number of ketones is 2. The summed E-state index contributed by atoms with van der Waals surface area (Å²) >= 11 is 0. The SMILES string of the molecule is C[C@]12C=CC(=O)C=C1CC[C@H]1[C@@H]3C[C@H]4O[C@@H](c5ccc(Cc6ccc(CO)cc6)cc5)O[C@@]4(C(=O)COC(=O)[C@@H](N)CCC(=O)O)[C@@]3(C)C[C@H](O)[C@@]12F. The molecule has 5 N–H and O–H groups in total. The van der Waals surface area contributed by atoms with Crippen molar-refractivity contribution in [3.05, 3.63) is 94.6 Å². The number of esters is 1. The fraction of sp³-hybridized carbons (Fsp3) is 0.512. The van der Waals surface area contributed by atoms with Crippen LogP contribution in [-0.2, 0) is 46.4 Å². The van der Waals surface area contributed by atoms with Gasteiger partial charge in [0.15, 0.2) is 29.9 Å². The van der Waals surface area contributed by atoms with Gasteiger partial charge in [0.1, 0.15) is 6.04 Å². The Kier molecular flexibility index (Phi) is 9.60. The number of benzene rings is 2. The van der Waals surface area contributed by atoms with Crippen molar-refractivity contribution in [3.8, 4) is 0 Å². The van der Waals surface area contributed by atoms with Gasteiger partial charge in [-0.2, -0.15) is 0 Å². The highest BCUT2D eigenvalue weighted by Gasteiger charge is 2.79. The molecule has 282 valence electrons. The lowest BCUT2D eigenvalue weighted by Gasteiger charge is -2.62. The molecule has 4 aliphatic carbocycles. The zero-order chi connectivity index (χ0) is 37.9. The third kappa shape index (κ3) is 5.90. The van der Waals surface area contributed by atoms with Gasteiger partial charge in [0.05, 0.1) is 18.8 Å². The first-order valence-electron chi connectivity index (χ1n) is 18.3. The molecule has 0 aromatic heterocycles. The summed E-state index contributed by atoms with van der Waals surface area (Å²) in [5.74, 6) is -4.09. The largest absolute Gasteiger partial charge is 0.481 e. The molecule has 2 aromatic rings. The van der Waals surface area contributed by atoms with E-state index >= 15 is 4.39 Å². The summed E-state index contributed by atoms with van der Waals surface area (Å²) < 4.78 is 36.6. The molecule has 5 aliphatic rings. The third-order valence-electron chi connectivity index (χ3n) is 13.0. The number of alkyl halides is 1. The van der Waals surface area contributed by atoms with Gasteiger partial charge in [-0.1, -0.05) is 67.1 Å². The first kappa shape index (κ1) is 37.3. The van der Waals surface area contributed by atoms with Gasteiger partial charge in [-0.15, -0.1) is 0 Å². The Morgan fingerprint density at radius 2 is 1.70 bits per heavy atom. The Hall–Kier alpha value is -4.07. The number of Topliss-reactive ketones (excluding diaryl/α,β-unsaturated/α-hetero) is 1. The monoisotopic (exact) mass is 731 g/mol. The minimum atomic E-state index is -2.14. The number of nitrogens with two attached hydrogens (primary N) is 1. The lowest BCUT2D eigenvalue weighted by molar-refractivity contribution is -0.231. The van der Waals surface area contributed by atoms with E-state index in [2.05, 4.69) is 0 Å². The molecule has 1 heterocycles. The molecular formula is C41H46FNO10. The number of fused-ring (bicyclic) bond motifs is 7. The fourth-order valence-electron chi connectivity index (χ4n) is 10.1. The molecule has 3 saturated carbocycles. The molecule has 0 spiro atoms. The second-order valence-corrected chi connectivity index (χ2v) is 15.8. The maximum Gasteiger partial charge on any atom is 0.323 e. The van der Waals surface area contributed by atoms with Crippen LogP contribution in [0.1, 0.15) is 80.9 Å². The number of aliphatic carboxylic acids is 1. The third-order valence-corrected chi connectivity index (χ3v) is 13.0. The second-order valence-electron chi connectivity index (χ2n) is 15.8. The van der Waals surface area contributed by atoms with Crippen molar-refractivity contribution in [3.63, 3.8) is 0 Å². The quantitative estimate of drug-likeness (QED) is 0.243. The molecule has 12 heteroatoms. The molecule has 0 radical (unpaired) electrons. The molecule has 7 rings (SSSR count). The van der Waals surface area contributed by atoms with Gasteiger partial charge < -0.3 is 35.3 Å². The second kappa shape index (κ2) is 13.7. The Bertz CT molecular complexity index is 1860. The molecular weight excluding hydrogens is 685 g/mol. The van der Waals surface area contributed by atoms with Crippen molar-refractivity contribution < 1.29 is 53.1 Å². The van der Waals surface area contributed by atoms with Crippen molar-refractivity contribution in [2.75, 3.05) is 6.61 Å². The van der Waals surface area contributed by atoms with E-state index in [1.807, 2.05) is 55.5 Å². The molecule has 0 amide bonds. The van der Waals surface area contributed by atoms with E-state index in [1.165, 1.54) is 12.2 Å². The van der Waals surface area contributed by atoms with Crippen LogP contribution in [0.3, 0.4) is 0 Å². The van der Waals surface area contributed by atoms with E-state index in [-0.39, 0.29) is 38.1 Å².